The molecule has 0 saturated carbocycles. The van der Waals surface area contributed by atoms with E-state index in [1.807, 2.05) is 62.4 Å². The van der Waals surface area contributed by atoms with E-state index in [-0.39, 0.29) is 12.0 Å². The second-order valence-electron chi connectivity index (χ2n) is 6.31. The molecule has 138 valence electrons. The van der Waals surface area contributed by atoms with Gasteiger partial charge >= 0.3 is 0 Å². The summed E-state index contributed by atoms with van der Waals surface area (Å²) in [6, 6.07) is 18.6. The number of ether oxygens (including phenoxy) is 2. The third kappa shape index (κ3) is 5.57. The highest BCUT2D eigenvalue weighted by Crippen LogP contribution is 2.25. The number of amides is 1. The zero-order valence-corrected chi connectivity index (χ0v) is 15.4. The molecule has 1 heterocycles. The van der Waals surface area contributed by atoms with Crippen LogP contribution in [-0.4, -0.2) is 17.0 Å². The van der Waals surface area contributed by atoms with Crippen LogP contribution in [0.15, 0.2) is 73.1 Å². The maximum Gasteiger partial charge on any atom is 0.253 e. The highest BCUT2D eigenvalue weighted by molar-refractivity contribution is 5.93. The quantitative estimate of drug-likeness (QED) is 0.668. The van der Waals surface area contributed by atoms with Gasteiger partial charge in [0.1, 0.15) is 17.2 Å². The number of benzene rings is 2. The lowest BCUT2D eigenvalue weighted by molar-refractivity contribution is 0.0950. The predicted molar refractivity (Wildman–Crippen MR) is 104 cm³/mol. The summed E-state index contributed by atoms with van der Waals surface area (Å²) in [6.07, 6.45) is 3.32. The second-order valence-corrected chi connectivity index (χ2v) is 6.31. The van der Waals surface area contributed by atoms with Crippen LogP contribution in [0.1, 0.15) is 29.8 Å². The molecule has 0 unspecified atom stereocenters. The number of nitrogens with zero attached hydrogens (tertiary/aromatic N) is 1. The van der Waals surface area contributed by atoms with Crippen molar-refractivity contribution in [2.45, 2.75) is 26.5 Å². The first-order chi connectivity index (χ1) is 13.1. The molecule has 1 amide bonds. The molecule has 0 radical (unpaired) electrons. The van der Waals surface area contributed by atoms with Crippen LogP contribution in [0.25, 0.3) is 0 Å². The average molecular weight is 362 g/mol. The fourth-order valence-electron chi connectivity index (χ4n) is 2.49. The van der Waals surface area contributed by atoms with Crippen molar-refractivity contribution in [2.75, 3.05) is 0 Å². The molecule has 0 saturated heterocycles. The Balaban J connectivity index is 1.59. The van der Waals surface area contributed by atoms with Crippen LogP contribution in [0.4, 0.5) is 0 Å². The molecular weight excluding hydrogens is 340 g/mol. The van der Waals surface area contributed by atoms with Gasteiger partial charge in [0, 0.05) is 18.9 Å². The molecule has 3 rings (SSSR count). The Kier molecular flexibility index (Phi) is 6.05. The lowest BCUT2D eigenvalue weighted by Gasteiger charge is -2.11. The zero-order valence-electron chi connectivity index (χ0n) is 15.4. The van der Waals surface area contributed by atoms with Crippen molar-refractivity contribution >= 4 is 5.91 Å². The largest absolute Gasteiger partial charge is 0.491 e. The van der Waals surface area contributed by atoms with E-state index in [0.29, 0.717) is 17.9 Å². The Labute approximate surface area is 159 Å². The predicted octanol–water partition coefficient (Wildman–Crippen LogP) is 4.59. The number of nitrogens with one attached hydrogen (secondary N) is 1. The lowest BCUT2D eigenvalue weighted by Crippen LogP contribution is -2.22. The van der Waals surface area contributed by atoms with Gasteiger partial charge in [-0.15, -0.1) is 0 Å². The molecule has 0 aliphatic carbocycles. The van der Waals surface area contributed by atoms with Crippen LogP contribution in [0, 0.1) is 0 Å². The lowest BCUT2D eigenvalue weighted by atomic mass is 10.2. The molecule has 5 heteroatoms. The maximum absolute atomic E-state index is 12.1. The monoisotopic (exact) mass is 362 g/mol. The third-order valence-corrected chi connectivity index (χ3v) is 3.71. The number of rotatable bonds is 7. The summed E-state index contributed by atoms with van der Waals surface area (Å²) < 4.78 is 11.5. The van der Waals surface area contributed by atoms with Crippen molar-refractivity contribution < 1.29 is 14.3 Å². The van der Waals surface area contributed by atoms with Crippen LogP contribution in [0.3, 0.4) is 0 Å². The van der Waals surface area contributed by atoms with Crippen molar-refractivity contribution in [3.8, 4) is 17.2 Å². The van der Waals surface area contributed by atoms with Crippen molar-refractivity contribution in [1.82, 2.24) is 10.3 Å². The summed E-state index contributed by atoms with van der Waals surface area (Å²) in [5.41, 5.74) is 1.48. The van der Waals surface area contributed by atoms with Crippen molar-refractivity contribution in [2.24, 2.45) is 0 Å². The zero-order chi connectivity index (χ0) is 19.1. The van der Waals surface area contributed by atoms with Gasteiger partial charge in [0.25, 0.3) is 5.91 Å². The fourth-order valence-corrected chi connectivity index (χ4v) is 2.49. The van der Waals surface area contributed by atoms with Crippen molar-refractivity contribution in [1.29, 1.82) is 0 Å². The van der Waals surface area contributed by atoms with Gasteiger partial charge in [-0.1, -0.05) is 12.1 Å². The first-order valence-corrected chi connectivity index (χ1v) is 8.82. The number of aromatic nitrogens is 1. The number of pyridine rings is 1. The van der Waals surface area contributed by atoms with E-state index in [1.165, 1.54) is 0 Å². The smallest absolute Gasteiger partial charge is 0.253 e. The van der Waals surface area contributed by atoms with Gasteiger partial charge in [0.2, 0.25) is 0 Å². The van der Waals surface area contributed by atoms with Gasteiger partial charge in [0.15, 0.2) is 0 Å². The Morgan fingerprint density at radius 2 is 1.78 bits per heavy atom. The Morgan fingerprint density at radius 1 is 1.00 bits per heavy atom. The summed E-state index contributed by atoms with van der Waals surface area (Å²) in [6.45, 7) is 4.39. The van der Waals surface area contributed by atoms with Gasteiger partial charge in [-0.05, 0) is 67.9 Å². The topological polar surface area (TPSA) is 60.5 Å². The van der Waals surface area contributed by atoms with Crippen molar-refractivity contribution in [3.05, 3.63) is 84.2 Å². The number of carbonyl (C=O) groups excluding carboxylic acids is 1. The van der Waals surface area contributed by atoms with E-state index in [4.69, 9.17) is 9.47 Å². The number of carbonyl (C=O) groups is 1. The van der Waals surface area contributed by atoms with E-state index in [1.54, 1.807) is 24.5 Å². The van der Waals surface area contributed by atoms with Gasteiger partial charge in [-0.3, -0.25) is 9.78 Å². The molecule has 0 atom stereocenters. The molecule has 0 aliphatic heterocycles. The van der Waals surface area contributed by atoms with E-state index in [2.05, 4.69) is 10.3 Å². The Hall–Kier alpha value is -3.34. The summed E-state index contributed by atoms with van der Waals surface area (Å²) >= 11 is 0. The van der Waals surface area contributed by atoms with E-state index in [0.717, 1.165) is 17.1 Å². The summed E-state index contributed by atoms with van der Waals surface area (Å²) in [5.74, 6) is 2.09. The Morgan fingerprint density at radius 3 is 2.48 bits per heavy atom. The van der Waals surface area contributed by atoms with Crippen LogP contribution in [0.5, 0.6) is 17.2 Å². The minimum absolute atomic E-state index is 0.135. The third-order valence-electron chi connectivity index (χ3n) is 3.71. The summed E-state index contributed by atoms with van der Waals surface area (Å²) in [7, 11) is 0. The molecular formula is C22H22N2O3. The minimum atomic E-state index is -0.157. The fraction of sp³-hybridized carbons (Fsp3) is 0.182. The SMILES string of the molecule is CC(C)Oc1ccc(Oc2cccc(CNC(=O)c3cccnc3)c2)cc1. The van der Waals surface area contributed by atoms with E-state index >= 15 is 0 Å². The molecule has 27 heavy (non-hydrogen) atoms. The van der Waals surface area contributed by atoms with Gasteiger partial charge in [0.05, 0.1) is 11.7 Å². The normalized spacial score (nSPS) is 10.5. The molecule has 0 spiro atoms. The van der Waals surface area contributed by atoms with Gasteiger partial charge < -0.3 is 14.8 Å². The van der Waals surface area contributed by atoms with Gasteiger partial charge in [-0.2, -0.15) is 0 Å². The molecule has 2 aromatic carbocycles. The number of hydrogen-bond acceptors (Lipinski definition) is 4. The molecule has 5 nitrogen and oxygen atoms in total. The molecule has 3 aromatic rings. The molecule has 0 aliphatic rings. The van der Waals surface area contributed by atoms with E-state index in [9.17, 15) is 4.79 Å². The second kappa shape index (κ2) is 8.85. The van der Waals surface area contributed by atoms with Crippen LogP contribution >= 0.6 is 0 Å². The van der Waals surface area contributed by atoms with E-state index < -0.39 is 0 Å². The first-order valence-electron chi connectivity index (χ1n) is 8.82. The highest BCUT2D eigenvalue weighted by atomic mass is 16.5. The molecule has 0 fully saturated rings. The van der Waals surface area contributed by atoms with Crippen LogP contribution in [-0.2, 0) is 6.54 Å². The molecule has 1 aromatic heterocycles. The molecule has 0 bridgehead atoms. The maximum atomic E-state index is 12.1. The number of hydrogen-bond donors (Lipinski definition) is 1. The molecule has 1 N–H and O–H groups in total. The average Bonchev–Trinajstić information content (AvgIpc) is 2.68. The Bertz CT molecular complexity index is 878. The summed E-state index contributed by atoms with van der Waals surface area (Å²) in [5, 5.41) is 2.88. The minimum Gasteiger partial charge on any atom is -0.491 e. The van der Waals surface area contributed by atoms with Crippen molar-refractivity contribution in [3.63, 3.8) is 0 Å². The summed E-state index contributed by atoms with van der Waals surface area (Å²) in [4.78, 5) is 16.1. The highest BCUT2D eigenvalue weighted by Gasteiger charge is 2.06. The van der Waals surface area contributed by atoms with Gasteiger partial charge in [-0.25, -0.2) is 0 Å². The standard InChI is InChI=1S/C22H22N2O3/c1-16(2)26-19-8-10-20(11-9-19)27-21-7-3-5-17(13-21)14-24-22(25)18-6-4-12-23-15-18/h3-13,15-16H,14H2,1-2H3,(H,24,25). The van der Waals surface area contributed by atoms with Crippen LogP contribution in [0.2, 0.25) is 0 Å². The van der Waals surface area contributed by atoms with Crippen LogP contribution < -0.4 is 14.8 Å². The first kappa shape index (κ1) is 18.5.